The van der Waals surface area contributed by atoms with Crippen LogP contribution in [0, 0.1) is 0 Å². The molecular formula is C5H8BN3O. The number of hydrogen-bond donors (Lipinski definition) is 1. The number of nitrogen functional groups attached to an aromatic ring is 1. The topological polar surface area (TPSA) is 60.9 Å². The van der Waals surface area contributed by atoms with Gasteiger partial charge in [0.25, 0.3) is 0 Å². The molecule has 0 atom stereocenters. The molecule has 1 aromatic rings. The van der Waals surface area contributed by atoms with E-state index >= 15 is 0 Å². The zero-order chi connectivity index (χ0) is 7.56. The number of rotatable bonds is 1. The highest BCUT2D eigenvalue weighted by molar-refractivity contribution is 6.31. The predicted molar refractivity (Wildman–Crippen MR) is 41.3 cm³/mol. The summed E-state index contributed by atoms with van der Waals surface area (Å²) < 4.78 is 1.48. The maximum atomic E-state index is 10.8. The number of nitrogens with zero attached hydrogens (tertiary/aromatic N) is 2. The minimum Gasteiger partial charge on any atom is -0.383 e. The van der Waals surface area contributed by atoms with E-state index in [0.29, 0.717) is 7.41 Å². The molecule has 0 bridgehead atoms. The fourth-order valence-electron chi connectivity index (χ4n) is 0.683. The third-order valence-electron chi connectivity index (χ3n) is 1.24. The van der Waals surface area contributed by atoms with E-state index in [1.165, 1.54) is 4.48 Å². The fourth-order valence-corrected chi connectivity index (χ4v) is 0.683. The van der Waals surface area contributed by atoms with Crippen LogP contribution in [0.15, 0.2) is 17.1 Å². The fraction of sp³-hybridized carbons (Fsp3) is 0.200. The van der Waals surface area contributed by atoms with Crippen LogP contribution in [-0.4, -0.2) is 16.9 Å². The summed E-state index contributed by atoms with van der Waals surface area (Å²) in [5.74, 6) is 0.273. The molecule has 1 heterocycles. The Balaban J connectivity index is 3.20. The van der Waals surface area contributed by atoms with Crippen molar-refractivity contribution in [2.24, 2.45) is 0 Å². The third-order valence-corrected chi connectivity index (χ3v) is 1.24. The van der Waals surface area contributed by atoms with E-state index in [1.54, 1.807) is 12.3 Å². The summed E-state index contributed by atoms with van der Waals surface area (Å²) in [5.41, 5.74) is 4.97. The van der Waals surface area contributed by atoms with Gasteiger partial charge in [0.2, 0.25) is 7.41 Å². The zero-order valence-corrected chi connectivity index (χ0v) is 5.74. The molecule has 0 saturated heterocycles. The molecule has 0 amide bonds. The molecule has 0 aliphatic carbocycles. The van der Waals surface area contributed by atoms with Crippen molar-refractivity contribution in [3.8, 4) is 0 Å². The van der Waals surface area contributed by atoms with Crippen molar-refractivity contribution in [3.05, 3.63) is 22.7 Å². The smallest absolute Gasteiger partial charge is 0.336 e. The SMILES string of the molecule is CBn1ccc(N)nc1=O. The lowest BCUT2D eigenvalue weighted by atomic mass is 10.0. The standard InChI is InChI=1S/C5H8BN3O/c1-6-9-3-2-4(7)8-5(9)10/h2-3,6H,1H3,(H2,7,8,10). The van der Waals surface area contributed by atoms with Crippen LogP contribution in [0.3, 0.4) is 0 Å². The van der Waals surface area contributed by atoms with E-state index in [9.17, 15) is 4.79 Å². The van der Waals surface area contributed by atoms with Crippen LogP contribution in [0.4, 0.5) is 5.82 Å². The summed E-state index contributed by atoms with van der Waals surface area (Å²) in [6, 6.07) is 1.60. The van der Waals surface area contributed by atoms with Gasteiger partial charge >= 0.3 is 5.69 Å². The molecule has 0 aliphatic heterocycles. The van der Waals surface area contributed by atoms with E-state index < -0.39 is 0 Å². The van der Waals surface area contributed by atoms with Crippen molar-refractivity contribution in [1.82, 2.24) is 9.46 Å². The highest BCUT2D eigenvalue weighted by Crippen LogP contribution is 1.86. The first-order chi connectivity index (χ1) is 4.74. The first-order valence-electron chi connectivity index (χ1n) is 3.07. The van der Waals surface area contributed by atoms with Gasteiger partial charge in [0.05, 0.1) is 0 Å². The number of aromatic nitrogens is 2. The van der Waals surface area contributed by atoms with Crippen molar-refractivity contribution in [2.75, 3.05) is 5.73 Å². The summed E-state index contributed by atoms with van der Waals surface area (Å²) in [4.78, 5) is 14.4. The molecule has 1 aromatic heterocycles. The molecule has 0 radical (unpaired) electrons. The van der Waals surface area contributed by atoms with Crippen LogP contribution in [0.1, 0.15) is 0 Å². The van der Waals surface area contributed by atoms with E-state index in [1.807, 2.05) is 6.82 Å². The van der Waals surface area contributed by atoms with Crippen molar-refractivity contribution in [3.63, 3.8) is 0 Å². The lowest BCUT2D eigenvalue weighted by Gasteiger charge is -1.97. The molecule has 0 fully saturated rings. The predicted octanol–water partition coefficient (Wildman–Crippen LogP) is -0.927. The molecule has 4 nitrogen and oxygen atoms in total. The second-order valence-corrected chi connectivity index (χ2v) is 1.92. The van der Waals surface area contributed by atoms with E-state index in [-0.39, 0.29) is 11.5 Å². The molecule has 0 aliphatic rings. The minimum absolute atomic E-state index is 0.273. The van der Waals surface area contributed by atoms with Crippen molar-refractivity contribution >= 4 is 13.2 Å². The van der Waals surface area contributed by atoms with Gasteiger partial charge in [-0.1, -0.05) is 6.82 Å². The van der Waals surface area contributed by atoms with Crippen LogP contribution in [0.2, 0.25) is 6.82 Å². The number of anilines is 1. The average Bonchev–Trinajstić information content (AvgIpc) is 1.88. The largest absolute Gasteiger partial charge is 0.383 e. The van der Waals surface area contributed by atoms with Gasteiger partial charge < -0.3 is 10.2 Å². The van der Waals surface area contributed by atoms with Gasteiger partial charge in [-0.3, -0.25) is 0 Å². The molecule has 2 N–H and O–H groups in total. The minimum atomic E-state index is -0.289. The second kappa shape index (κ2) is 2.55. The molecule has 0 saturated carbocycles. The van der Waals surface area contributed by atoms with E-state index in [0.717, 1.165) is 0 Å². The Kier molecular flexibility index (Phi) is 1.75. The molecule has 52 valence electrons. The van der Waals surface area contributed by atoms with Crippen molar-refractivity contribution < 1.29 is 0 Å². The van der Waals surface area contributed by atoms with Gasteiger partial charge in [-0.15, -0.1) is 0 Å². The Morgan fingerprint density at radius 3 is 3.00 bits per heavy atom. The Morgan fingerprint density at radius 1 is 1.80 bits per heavy atom. The Hall–Kier alpha value is -1.26. The third kappa shape index (κ3) is 1.18. The first-order valence-corrected chi connectivity index (χ1v) is 3.07. The van der Waals surface area contributed by atoms with Crippen molar-refractivity contribution in [2.45, 2.75) is 6.82 Å². The first kappa shape index (κ1) is 6.86. The van der Waals surface area contributed by atoms with Gasteiger partial charge in [0, 0.05) is 0 Å². The van der Waals surface area contributed by atoms with Gasteiger partial charge in [0.1, 0.15) is 5.82 Å². The Morgan fingerprint density at radius 2 is 2.50 bits per heavy atom. The Bertz CT molecular complexity index is 282. The number of nitrogens with two attached hydrogens (primary N) is 1. The number of hydrogen-bond acceptors (Lipinski definition) is 3. The van der Waals surface area contributed by atoms with Gasteiger partial charge in [-0.25, -0.2) is 4.79 Å². The zero-order valence-electron chi connectivity index (χ0n) is 5.74. The van der Waals surface area contributed by atoms with Gasteiger partial charge in [0.15, 0.2) is 0 Å². The van der Waals surface area contributed by atoms with Crippen LogP contribution >= 0.6 is 0 Å². The second-order valence-electron chi connectivity index (χ2n) is 1.92. The van der Waals surface area contributed by atoms with Gasteiger partial charge in [-0.05, 0) is 12.3 Å². The highest BCUT2D eigenvalue weighted by Gasteiger charge is 1.93. The Labute approximate surface area is 59.0 Å². The van der Waals surface area contributed by atoms with Crippen LogP contribution < -0.4 is 11.4 Å². The molecule has 0 unspecified atom stereocenters. The molecular weight excluding hydrogens is 129 g/mol. The van der Waals surface area contributed by atoms with E-state index in [2.05, 4.69) is 4.98 Å². The lowest BCUT2D eigenvalue weighted by molar-refractivity contribution is 1.00. The summed E-state index contributed by atoms with van der Waals surface area (Å²) in [6.45, 7) is 1.87. The van der Waals surface area contributed by atoms with Crippen LogP contribution in [0.5, 0.6) is 0 Å². The summed E-state index contributed by atoms with van der Waals surface area (Å²) in [5, 5.41) is 0. The maximum absolute atomic E-state index is 10.8. The monoisotopic (exact) mass is 137 g/mol. The van der Waals surface area contributed by atoms with Crippen LogP contribution in [-0.2, 0) is 0 Å². The molecule has 10 heavy (non-hydrogen) atoms. The summed E-state index contributed by atoms with van der Waals surface area (Å²) >= 11 is 0. The van der Waals surface area contributed by atoms with Gasteiger partial charge in [-0.2, -0.15) is 4.98 Å². The van der Waals surface area contributed by atoms with E-state index in [4.69, 9.17) is 5.73 Å². The summed E-state index contributed by atoms with van der Waals surface area (Å²) in [7, 11) is 0.631. The molecule has 5 heteroatoms. The molecule has 0 aromatic carbocycles. The molecule has 0 spiro atoms. The van der Waals surface area contributed by atoms with Crippen molar-refractivity contribution in [1.29, 1.82) is 0 Å². The quantitative estimate of drug-likeness (QED) is 0.508. The van der Waals surface area contributed by atoms with Crippen LogP contribution in [0.25, 0.3) is 0 Å². The highest BCUT2D eigenvalue weighted by atomic mass is 16.1. The molecule has 1 rings (SSSR count). The average molecular weight is 137 g/mol. The maximum Gasteiger partial charge on any atom is 0.336 e. The lowest BCUT2D eigenvalue weighted by Crippen LogP contribution is -2.25. The normalized spacial score (nSPS) is 9.30. The summed E-state index contributed by atoms with van der Waals surface area (Å²) in [6.07, 6.45) is 1.63.